The molecule has 0 radical (unpaired) electrons. The first-order valence-corrected chi connectivity index (χ1v) is 12.8. The second kappa shape index (κ2) is 11.3. The largest absolute Gasteiger partial charge is 0.492 e. The van der Waals surface area contributed by atoms with Gasteiger partial charge in [0.1, 0.15) is 17.3 Å². The van der Waals surface area contributed by atoms with Gasteiger partial charge in [0.05, 0.1) is 23.6 Å². The molecule has 1 aromatic heterocycles. The standard InChI is InChI=1S/C28H25ClFN3O6/c29-18-14-23-27(31-15-18)39-16-25(34)33(23)19-7-10-32(11-8-19)28(37)21-6-5-17(13-22(21)30)20-3-1-2-4-24(20)38-12-9-26(35)36/h1-6,13-15,19H,7-12,16H2,(H,35,36). The molecule has 0 spiro atoms. The molecule has 0 unspecified atom stereocenters. The number of carbonyl (C=O) groups is 3. The molecule has 3 aromatic rings. The Balaban J connectivity index is 1.27. The Labute approximate surface area is 228 Å². The minimum Gasteiger partial charge on any atom is -0.492 e. The molecule has 9 nitrogen and oxygen atoms in total. The van der Waals surface area contributed by atoms with Crippen molar-refractivity contribution in [3.8, 4) is 22.8 Å². The van der Waals surface area contributed by atoms with Crippen LogP contribution in [0.4, 0.5) is 10.1 Å². The van der Waals surface area contributed by atoms with Gasteiger partial charge in [-0.05, 0) is 42.7 Å². The fraction of sp³-hybridized carbons (Fsp3) is 0.286. The molecule has 39 heavy (non-hydrogen) atoms. The lowest BCUT2D eigenvalue weighted by Crippen LogP contribution is -2.51. The second-order valence-corrected chi connectivity index (χ2v) is 9.67. The third-order valence-electron chi connectivity index (χ3n) is 6.75. The van der Waals surface area contributed by atoms with Gasteiger partial charge < -0.3 is 24.4 Å². The number of aromatic nitrogens is 1. The molecule has 2 aliphatic heterocycles. The topological polar surface area (TPSA) is 109 Å². The molecule has 5 rings (SSSR count). The Morgan fingerprint density at radius 1 is 1.15 bits per heavy atom. The second-order valence-electron chi connectivity index (χ2n) is 9.24. The number of fused-ring (bicyclic) bond motifs is 1. The number of anilines is 1. The highest BCUT2D eigenvalue weighted by atomic mass is 35.5. The number of hydrogen-bond donors (Lipinski definition) is 1. The molecule has 1 saturated heterocycles. The van der Waals surface area contributed by atoms with Crippen LogP contribution in [0, 0.1) is 5.82 Å². The summed E-state index contributed by atoms with van der Waals surface area (Å²) in [5, 5.41) is 9.24. The van der Waals surface area contributed by atoms with Gasteiger partial charge in [0, 0.05) is 30.9 Å². The molecule has 0 aliphatic carbocycles. The van der Waals surface area contributed by atoms with Gasteiger partial charge in [-0.15, -0.1) is 0 Å². The van der Waals surface area contributed by atoms with Crippen molar-refractivity contribution in [1.82, 2.24) is 9.88 Å². The van der Waals surface area contributed by atoms with Gasteiger partial charge in [0.25, 0.3) is 11.8 Å². The molecule has 2 aromatic carbocycles. The number of hydrogen-bond acceptors (Lipinski definition) is 6. The van der Waals surface area contributed by atoms with Crippen molar-refractivity contribution >= 4 is 35.1 Å². The maximum atomic E-state index is 15.2. The van der Waals surface area contributed by atoms with E-state index >= 15 is 4.39 Å². The molecular weight excluding hydrogens is 529 g/mol. The van der Waals surface area contributed by atoms with Crippen LogP contribution in [0.1, 0.15) is 29.6 Å². The van der Waals surface area contributed by atoms with E-state index in [4.69, 9.17) is 26.2 Å². The summed E-state index contributed by atoms with van der Waals surface area (Å²) in [5.74, 6) is -1.51. The number of likely N-dealkylation sites (tertiary alicyclic amines) is 1. The molecule has 0 bridgehead atoms. The van der Waals surface area contributed by atoms with Crippen molar-refractivity contribution in [1.29, 1.82) is 0 Å². The molecule has 1 fully saturated rings. The van der Waals surface area contributed by atoms with Gasteiger partial charge in [0.15, 0.2) is 6.61 Å². The molecule has 11 heteroatoms. The normalized spacial score (nSPS) is 15.5. The first kappa shape index (κ1) is 26.4. The molecule has 202 valence electrons. The summed E-state index contributed by atoms with van der Waals surface area (Å²) in [6, 6.07) is 12.8. The summed E-state index contributed by atoms with van der Waals surface area (Å²) in [7, 11) is 0. The number of amides is 2. The van der Waals surface area contributed by atoms with Gasteiger partial charge in [0.2, 0.25) is 5.88 Å². The highest BCUT2D eigenvalue weighted by Gasteiger charge is 2.36. The number of carboxylic acid groups (broad SMARTS) is 1. The van der Waals surface area contributed by atoms with Crippen LogP contribution < -0.4 is 14.4 Å². The highest BCUT2D eigenvalue weighted by Crippen LogP contribution is 2.36. The maximum absolute atomic E-state index is 15.2. The van der Waals surface area contributed by atoms with Crippen molar-refractivity contribution in [2.45, 2.75) is 25.3 Å². The van der Waals surface area contributed by atoms with Crippen LogP contribution in [0.25, 0.3) is 11.1 Å². The number of pyridine rings is 1. The minimum absolute atomic E-state index is 0.0213. The van der Waals surface area contributed by atoms with Crippen LogP contribution in [-0.2, 0) is 9.59 Å². The van der Waals surface area contributed by atoms with Crippen LogP contribution in [0.5, 0.6) is 11.6 Å². The predicted octanol–water partition coefficient (Wildman–Crippen LogP) is 4.42. The first-order valence-electron chi connectivity index (χ1n) is 12.4. The van der Waals surface area contributed by atoms with E-state index in [-0.39, 0.29) is 37.1 Å². The number of carboxylic acids is 1. The Bertz CT molecular complexity index is 1430. The number of ether oxygens (including phenoxy) is 2. The smallest absolute Gasteiger partial charge is 0.306 e. The van der Waals surface area contributed by atoms with Crippen molar-refractivity contribution in [3.05, 3.63) is 71.1 Å². The van der Waals surface area contributed by atoms with Crippen LogP contribution in [0.15, 0.2) is 54.7 Å². The molecular formula is C28H25ClFN3O6. The average molecular weight is 554 g/mol. The van der Waals surface area contributed by atoms with E-state index in [1.807, 2.05) is 0 Å². The van der Waals surface area contributed by atoms with Crippen molar-refractivity contribution in [3.63, 3.8) is 0 Å². The maximum Gasteiger partial charge on any atom is 0.306 e. The molecule has 2 amide bonds. The quantitative estimate of drug-likeness (QED) is 0.461. The van der Waals surface area contributed by atoms with Crippen LogP contribution in [-0.4, -0.2) is 65.1 Å². The number of carbonyl (C=O) groups excluding carboxylic acids is 2. The summed E-state index contributed by atoms with van der Waals surface area (Å²) in [4.78, 5) is 44.1. The summed E-state index contributed by atoms with van der Waals surface area (Å²) < 4.78 is 26.2. The third kappa shape index (κ3) is 5.65. The summed E-state index contributed by atoms with van der Waals surface area (Å²) in [5.41, 5.74) is 1.56. The summed E-state index contributed by atoms with van der Waals surface area (Å²) in [6.45, 7) is 0.552. The van der Waals surface area contributed by atoms with E-state index in [1.165, 1.54) is 18.3 Å². The van der Waals surface area contributed by atoms with Gasteiger partial charge >= 0.3 is 5.97 Å². The first-order chi connectivity index (χ1) is 18.8. The van der Waals surface area contributed by atoms with Gasteiger partial charge in [-0.1, -0.05) is 35.9 Å². The van der Waals surface area contributed by atoms with Crippen LogP contribution in [0.2, 0.25) is 5.02 Å². The number of piperidine rings is 1. The van der Waals surface area contributed by atoms with Crippen molar-refractivity contribution in [2.75, 3.05) is 31.2 Å². The zero-order chi connectivity index (χ0) is 27.5. The number of rotatable bonds is 7. The number of benzene rings is 2. The lowest BCUT2D eigenvalue weighted by molar-refractivity contribution is -0.137. The van der Waals surface area contributed by atoms with Gasteiger partial charge in [-0.25, -0.2) is 9.37 Å². The van der Waals surface area contributed by atoms with Gasteiger partial charge in [-0.2, -0.15) is 0 Å². The van der Waals surface area contributed by atoms with E-state index in [1.54, 1.807) is 46.2 Å². The molecule has 3 heterocycles. The van der Waals surface area contributed by atoms with E-state index in [0.717, 1.165) is 0 Å². The van der Waals surface area contributed by atoms with E-state index in [2.05, 4.69) is 4.98 Å². The molecule has 2 aliphatic rings. The fourth-order valence-corrected chi connectivity index (χ4v) is 5.02. The van der Waals surface area contributed by atoms with Crippen LogP contribution >= 0.6 is 11.6 Å². The predicted molar refractivity (Wildman–Crippen MR) is 141 cm³/mol. The molecule has 0 saturated carbocycles. The number of para-hydroxylation sites is 1. The Kier molecular flexibility index (Phi) is 7.65. The van der Waals surface area contributed by atoms with E-state index in [9.17, 15) is 14.4 Å². The zero-order valence-corrected chi connectivity index (χ0v) is 21.6. The van der Waals surface area contributed by atoms with Gasteiger partial charge in [-0.3, -0.25) is 14.4 Å². The molecule has 0 atom stereocenters. The van der Waals surface area contributed by atoms with Crippen molar-refractivity contribution in [2.24, 2.45) is 0 Å². The molecule has 1 N–H and O–H groups in total. The lowest BCUT2D eigenvalue weighted by Gasteiger charge is -2.40. The van der Waals surface area contributed by atoms with E-state index < -0.39 is 17.7 Å². The van der Waals surface area contributed by atoms with E-state index in [0.29, 0.717) is 59.4 Å². The number of aliphatic carboxylic acids is 1. The lowest BCUT2D eigenvalue weighted by atomic mass is 9.99. The summed E-state index contributed by atoms with van der Waals surface area (Å²) >= 11 is 6.10. The third-order valence-corrected chi connectivity index (χ3v) is 6.95. The minimum atomic E-state index is -0.979. The Hall–Kier alpha value is -4.18. The Morgan fingerprint density at radius 3 is 2.67 bits per heavy atom. The fourth-order valence-electron chi connectivity index (χ4n) is 4.87. The number of nitrogens with zero attached hydrogens (tertiary/aromatic N) is 3. The highest BCUT2D eigenvalue weighted by molar-refractivity contribution is 6.30. The Morgan fingerprint density at radius 2 is 1.92 bits per heavy atom. The summed E-state index contributed by atoms with van der Waals surface area (Å²) in [6.07, 6.45) is 2.30. The average Bonchev–Trinajstić information content (AvgIpc) is 2.93. The number of halogens is 2. The SMILES string of the molecule is O=C(O)CCOc1ccccc1-c1ccc(C(=O)N2CCC(N3C(=O)COc4ncc(Cl)cc43)CC2)c(F)c1. The monoisotopic (exact) mass is 553 g/mol. The van der Waals surface area contributed by atoms with Crippen molar-refractivity contribution < 1.29 is 33.4 Å². The van der Waals surface area contributed by atoms with Crippen LogP contribution in [0.3, 0.4) is 0 Å². The zero-order valence-electron chi connectivity index (χ0n) is 20.8.